The minimum atomic E-state index is -0.188. The van der Waals surface area contributed by atoms with Gasteiger partial charge in [-0.25, -0.2) is 4.68 Å². The van der Waals surface area contributed by atoms with Gasteiger partial charge < -0.3 is 20.1 Å². The molecule has 1 aromatic heterocycles. The minimum Gasteiger partial charge on any atom is -0.504 e. The standard InChI is InChI=1S/C17H23N5O3/c1-21(10-12-3-4-15(23)16(9-12)25-2)17(24)14-11-22(20-19-14)13-5-7-18-8-6-13/h3-4,9,11,13,18,23H,5-8,10H2,1-2H3. The third-order valence-corrected chi connectivity index (χ3v) is 4.42. The van der Waals surface area contributed by atoms with E-state index >= 15 is 0 Å². The Kier molecular flexibility index (Phi) is 5.18. The summed E-state index contributed by atoms with van der Waals surface area (Å²) >= 11 is 0. The molecule has 1 amide bonds. The van der Waals surface area contributed by atoms with Gasteiger partial charge in [-0.15, -0.1) is 5.10 Å². The molecule has 25 heavy (non-hydrogen) atoms. The van der Waals surface area contributed by atoms with E-state index in [9.17, 15) is 9.90 Å². The second kappa shape index (κ2) is 7.52. The molecule has 0 spiro atoms. The molecule has 1 fully saturated rings. The van der Waals surface area contributed by atoms with Crippen LogP contribution in [0.5, 0.6) is 11.5 Å². The first-order chi connectivity index (χ1) is 12.1. The molecule has 1 saturated heterocycles. The maximum atomic E-state index is 12.6. The van der Waals surface area contributed by atoms with Crippen molar-refractivity contribution in [1.82, 2.24) is 25.2 Å². The van der Waals surface area contributed by atoms with Gasteiger partial charge in [-0.05, 0) is 43.6 Å². The molecule has 134 valence electrons. The second-order valence-corrected chi connectivity index (χ2v) is 6.23. The van der Waals surface area contributed by atoms with E-state index in [1.807, 2.05) is 0 Å². The first-order valence-electron chi connectivity index (χ1n) is 8.32. The smallest absolute Gasteiger partial charge is 0.276 e. The van der Waals surface area contributed by atoms with Gasteiger partial charge in [-0.2, -0.15) is 0 Å². The molecule has 1 aliphatic heterocycles. The van der Waals surface area contributed by atoms with Gasteiger partial charge in [0.25, 0.3) is 5.91 Å². The summed E-state index contributed by atoms with van der Waals surface area (Å²) in [7, 11) is 3.21. The number of nitrogens with one attached hydrogen (secondary N) is 1. The maximum absolute atomic E-state index is 12.6. The molecule has 8 nitrogen and oxygen atoms in total. The van der Waals surface area contributed by atoms with Crippen molar-refractivity contribution in [2.24, 2.45) is 0 Å². The number of nitrogens with zero attached hydrogens (tertiary/aromatic N) is 4. The average Bonchev–Trinajstić information content (AvgIpc) is 3.13. The lowest BCUT2D eigenvalue weighted by Gasteiger charge is -2.22. The first kappa shape index (κ1) is 17.2. The van der Waals surface area contributed by atoms with E-state index in [1.165, 1.54) is 7.11 Å². The molecule has 0 atom stereocenters. The molecule has 1 aromatic carbocycles. The van der Waals surface area contributed by atoms with Crippen molar-refractivity contribution in [3.63, 3.8) is 0 Å². The fraction of sp³-hybridized carbons (Fsp3) is 0.471. The quantitative estimate of drug-likeness (QED) is 0.846. The Labute approximate surface area is 146 Å². The molecule has 0 aliphatic carbocycles. The fourth-order valence-corrected chi connectivity index (χ4v) is 2.99. The summed E-state index contributed by atoms with van der Waals surface area (Å²) in [4.78, 5) is 14.2. The molecule has 0 saturated carbocycles. The highest BCUT2D eigenvalue weighted by Crippen LogP contribution is 2.26. The Morgan fingerprint density at radius 2 is 2.20 bits per heavy atom. The van der Waals surface area contributed by atoms with Gasteiger partial charge in [0, 0.05) is 13.6 Å². The highest BCUT2D eigenvalue weighted by atomic mass is 16.5. The van der Waals surface area contributed by atoms with Gasteiger partial charge in [-0.3, -0.25) is 4.79 Å². The maximum Gasteiger partial charge on any atom is 0.276 e. The number of piperidine rings is 1. The van der Waals surface area contributed by atoms with Crippen molar-refractivity contribution in [2.75, 3.05) is 27.2 Å². The molecular weight excluding hydrogens is 322 g/mol. The normalized spacial score (nSPS) is 15.1. The van der Waals surface area contributed by atoms with Gasteiger partial charge in [-0.1, -0.05) is 11.3 Å². The number of aromatic hydroxyl groups is 1. The number of aromatic nitrogens is 3. The lowest BCUT2D eigenvalue weighted by Crippen LogP contribution is -2.29. The summed E-state index contributed by atoms with van der Waals surface area (Å²) in [6, 6.07) is 5.32. The predicted molar refractivity (Wildman–Crippen MR) is 91.6 cm³/mol. The average molecular weight is 345 g/mol. The Hall–Kier alpha value is -2.61. The zero-order chi connectivity index (χ0) is 17.8. The van der Waals surface area contributed by atoms with Crippen LogP contribution < -0.4 is 10.1 Å². The van der Waals surface area contributed by atoms with Gasteiger partial charge >= 0.3 is 0 Å². The molecule has 2 aromatic rings. The van der Waals surface area contributed by atoms with Crippen molar-refractivity contribution in [1.29, 1.82) is 0 Å². The summed E-state index contributed by atoms with van der Waals surface area (Å²) in [5, 5.41) is 21.1. The Morgan fingerprint density at radius 3 is 2.92 bits per heavy atom. The van der Waals surface area contributed by atoms with Crippen molar-refractivity contribution in [2.45, 2.75) is 25.4 Å². The number of amides is 1. The number of ether oxygens (including phenoxy) is 1. The van der Waals surface area contributed by atoms with Crippen LogP contribution in [-0.4, -0.2) is 58.2 Å². The number of carbonyl (C=O) groups excluding carboxylic acids is 1. The van der Waals surface area contributed by atoms with Gasteiger partial charge in [0.05, 0.1) is 19.3 Å². The summed E-state index contributed by atoms with van der Waals surface area (Å²) in [6.45, 7) is 2.29. The molecular formula is C17H23N5O3. The molecule has 0 unspecified atom stereocenters. The molecule has 1 aliphatic rings. The molecule has 0 bridgehead atoms. The topological polar surface area (TPSA) is 92.5 Å². The van der Waals surface area contributed by atoms with E-state index in [0.29, 0.717) is 24.0 Å². The fourth-order valence-electron chi connectivity index (χ4n) is 2.99. The van der Waals surface area contributed by atoms with Crippen LogP contribution >= 0.6 is 0 Å². The third-order valence-electron chi connectivity index (χ3n) is 4.42. The zero-order valence-electron chi connectivity index (χ0n) is 14.5. The SMILES string of the molecule is COc1cc(CN(C)C(=O)c2cn(C3CCNCC3)nn2)ccc1O. The lowest BCUT2D eigenvalue weighted by molar-refractivity contribution is 0.0779. The van der Waals surface area contributed by atoms with E-state index in [2.05, 4.69) is 15.6 Å². The van der Waals surface area contributed by atoms with Crippen molar-refractivity contribution >= 4 is 5.91 Å². The van der Waals surface area contributed by atoms with Gasteiger partial charge in [0.1, 0.15) is 0 Å². The summed E-state index contributed by atoms with van der Waals surface area (Å²) < 4.78 is 6.90. The van der Waals surface area contributed by atoms with Crippen LogP contribution in [0, 0.1) is 0 Å². The van der Waals surface area contributed by atoms with E-state index < -0.39 is 0 Å². The Morgan fingerprint density at radius 1 is 1.44 bits per heavy atom. The molecule has 3 rings (SSSR count). The number of methoxy groups -OCH3 is 1. The van der Waals surface area contributed by atoms with Crippen molar-refractivity contribution < 1.29 is 14.6 Å². The monoisotopic (exact) mass is 345 g/mol. The van der Waals surface area contributed by atoms with Crippen LogP contribution in [0.15, 0.2) is 24.4 Å². The van der Waals surface area contributed by atoms with E-state index in [-0.39, 0.29) is 11.7 Å². The molecule has 0 radical (unpaired) electrons. The Bertz CT molecular complexity index is 740. The number of rotatable bonds is 5. The van der Waals surface area contributed by atoms with Crippen LogP contribution in [0.3, 0.4) is 0 Å². The number of hydrogen-bond donors (Lipinski definition) is 2. The van der Waals surface area contributed by atoms with Crippen LogP contribution in [0.4, 0.5) is 0 Å². The summed E-state index contributed by atoms with van der Waals surface area (Å²) in [5.41, 5.74) is 1.20. The highest BCUT2D eigenvalue weighted by Gasteiger charge is 2.21. The van der Waals surface area contributed by atoms with Gasteiger partial charge in [0.2, 0.25) is 0 Å². The lowest BCUT2D eigenvalue weighted by atomic mass is 10.1. The number of benzene rings is 1. The summed E-state index contributed by atoms with van der Waals surface area (Å²) in [6.07, 6.45) is 3.70. The molecule has 2 N–H and O–H groups in total. The Balaban J connectivity index is 1.67. The first-order valence-corrected chi connectivity index (χ1v) is 8.32. The zero-order valence-corrected chi connectivity index (χ0v) is 14.5. The number of phenols is 1. The van der Waals surface area contributed by atoms with Crippen LogP contribution in [0.1, 0.15) is 34.9 Å². The molecule has 8 heteroatoms. The summed E-state index contributed by atoms with van der Waals surface area (Å²) in [5.74, 6) is 0.271. The highest BCUT2D eigenvalue weighted by molar-refractivity contribution is 5.91. The van der Waals surface area contributed by atoms with Gasteiger partial charge in [0.15, 0.2) is 17.2 Å². The van der Waals surface area contributed by atoms with Crippen LogP contribution in [0.2, 0.25) is 0 Å². The minimum absolute atomic E-state index is 0.0742. The number of hydrogen-bond acceptors (Lipinski definition) is 6. The molecule has 2 heterocycles. The van der Waals surface area contributed by atoms with E-state index in [4.69, 9.17) is 4.74 Å². The number of phenolic OH excluding ortho intramolecular Hbond substituents is 1. The second-order valence-electron chi connectivity index (χ2n) is 6.23. The van der Waals surface area contributed by atoms with Crippen molar-refractivity contribution in [3.05, 3.63) is 35.7 Å². The van der Waals surface area contributed by atoms with Crippen LogP contribution in [-0.2, 0) is 6.54 Å². The van der Waals surface area contributed by atoms with Crippen molar-refractivity contribution in [3.8, 4) is 11.5 Å². The largest absolute Gasteiger partial charge is 0.504 e. The predicted octanol–water partition coefficient (Wildman–Crippen LogP) is 1.19. The van der Waals surface area contributed by atoms with E-state index in [0.717, 1.165) is 31.5 Å². The third kappa shape index (κ3) is 3.90. The van der Waals surface area contributed by atoms with E-state index in [1.54, 1.807) is 41.0 Å². The van der Waals surface area contributed by atoms with Crippen LogP contribution in [0.25, 0.3) is 0 Å². The number of carbonyl (C=O) groups is 1.